The molecule has 2 rings (SSSR count). The third kappa shape index (κ3) is 4.56. The molecule has 3 heteroatoms. The Kier molecular flexibility index (Phi) is 5.27. The molecule has 0 bridgehead atoms. The summed E-state index contributed by atoms with van der Waals surface area (Å²) >= 11 is 0. The second-order valence-electron chi connectivity index (χ2n) is 4.73. The van der Waals surface area contributed by atoms with Crippen LogP contribution in [0.4, 0.5) is 4.39 Å². The summed E-state index contributed by atoms with van der Waals surface area (Å²) in [6, 6.07) is 16.0. The minimum atomic E-state index is -0.304. The number of rotatable bonds is 5. The number of halogens is 1. The van der Waals surface area contributed by atoms with Crippen LogP contribution in [0.1, 0.15) is 18.1 Å². The molecule has 2 aromatic carbocycles. The summed E-state index contributed by atoms with van der Waals surface area (Å²) in [5.41, 5.74) is 1.77. The zero-order chi connectivity index (χ0) is 15.1. The fourth-order valence-corrected chi connectivity index (χ4v) is 2.03. The maximum atomic E-state index is 13.1. The Hall–Kier alpha value is -2.42. The van der Waals surface area contributed by atoms with Gasteiger partial charge in [0.05, 0.1) is 0 Å². The molecule has 0 fully saturated rings. The zero-order valence-corrected chi connectivity index (χ0v) is 12.0. The first kappa shape index (κ1) is 15.0. The van der Waals surface area contributed by atoms with E-state index in [1.54, 1.807) is 23.1 Å². The van der Waals surface area contributed by atoms with Gasteiger partial charge in [0.25, 0.3) is 0 Å². The Balaban J connectivity index is 2.03. The highest BCUT2D eigenvalue weighted by Crippen LogP contribution is 2.08. The molecule has 0 aliphatic rings. The van der Waals surface area contributed by atoms with E-state index in [1.165, 1.54) is 18.2 Å². The third-order valence-corrected chi connectivity index (χ3v) is 3.18. The fourth-order valence-electron chi connectivity index (χ4n) is 2.03. The van der Waals surface area contributed by atoms with E-state index in [2.05, 4.69) is 0 Å². The van der Waals surface area contributed by atoms with Crippen molar-refractivity contribution in [1.29, 1.82) is 0 Å². The van der Waals surface area contributed by atoms with Crippen molar-refractivity contribution >= 4 is 12.0 Å². The molecule has 0 radical (unpaired) electrons. The van der Waals surface area contributed by atoms with Gasteiger partial charge in [0.2, 0.25) is 5.91 Å². The number of nitrogens with zero attached hydrogens (tertiary/aromatic N) is 1. The lowest BCUT2D eigenvalue weighted by Crippen LogP contribution is -2.28. The summed E-state index contributed by atoms with van der Waals surface area (Å²) in [7, 11) is 0. The van der Waals surface area contributed by atoms with Gasteiger partial charge < -0.3 is 4.90 Å². The number of likely N-dealkylation sites (N-methyl/N-ethyl adjacent to an activating group) is 1. The van der Waals surface area contributed by atoms with Crippen LogP contribution in [0, 0.1) is 5.82 Å². The van der Waals surface area contributed by atoms with Crippen molar-refractivity contribution in [3.63, 3.8) is 0 Å². The van der Waals surface area contributed by atoms with Gasteiger partial charge in [-0.15, -0.1) is 0 Å². The van der Waals surface area contributed by atoms with Gasteiger partial charge >= 0.3 is 0 Å². The normalized spacial score (nSPS) is 10.8. The van der Waals surface area contributed by atoms with Gasteiger partial charge in [-0.3, -0.25) is 4.79 Å². The second kappa shape index (κ2) is 7.39. The molecule has 0 heterocycles. The van der Waals surface area contributed by atoms with Crippen LogP contribution in [0.5, 0.6) is 0 Å². The van der Waals surface area contributed by atoms with Crippen molar-refractivity contribution in [3.05, 3.63) is 77.6 Å². The average molecular weight is 283 g/mol. The van der Waals surface area contributed by atoms with E-state index in [1.807, 2.05) is 37.3 Å². The van der Waals surface area contributed by atoms with Crippen molar-refractivity contribution < 1.29 is 9.18 Å². The van der Waals surface area contributed by atoms with Crippen LogP contribution in [0.15, 0.2) is 60.7 Å². The third-order valence-electron chi connectivity index (χ3n) is 3.18. The lowest BCUT2D eigenvalue weighted by molar-refractivity contribution is -0.126. The lowest BCUT2D eigenvalue weighted by Gasteiger charge is -2.19. The molecule has 21 heavy (non-hydrogen) atoms. The van der Waals surface area contributed by atoms with E-state index < -0.39 is 0 Å². The van der Waals surface area contributed by atoms with Crippen molar-refractivity contribution in [2.75, 3.05) is 6.54 Å². The molecule has 108 valence electrons. The Morgan fingerprint density at radius 3 is 2.57 bits per heavy atom. The summed E-state index contributed by atoms with van der Waals surface area (Å²) < 4.78 is 13.1. The molecule has 0 unspecified atom stereocenters. The number of amides is 1. The quantitative estimate of drug-likeness (QED) is 0.762. The molecule has 1 amide bonds. The highest BCUT2D eigenvalue weighted by Gasteiger charge is 2.08. The van der Waals surface area contributed by atoms with Crippen LogP contribution >= 0.6 is 0 Å². The Morgan fingerprint density at radius 2 is 1.90 bits per heavy atom. The van der Waals surface area contributed by atoms with E-state index in [0.29, 0.717) is 18.7 Å². The number of benzene rings is 2. The molecule has 2 aromatic rings. The smallest absolute Gasteiger partial charge is 0.246 e. The van der Waals surface area contributed by atoms with Crippen LogP contribution in [-0.2, 0) is 11.3 Å². The predicted octanol–water partition coefficient (Wildman–Crippen LogP) is 3.89. The van der Waals surface area contributed by atoms with Crippen molar-refractivity contribution in [2.24, 2.45) is 0 Å². The Bertz CT molecular complexity index is 622. The van der Waals surface area contributed by atoms with Crippen LogP contribution in [0.2, 0.25) is 0 Å². The van der Waals surface area contributed by atoms with Gasteiger partial charge in [0.15, 0.2) is 0 Å². The zero-order valence-electron chi connectivity index (χ0n) is 12.0. The van der Waals surface area contributed by atoms with Crippen molar-refractivity contribution in [2.45, 2.75) is 13.5 Å². The largest absolute Gasteiger partial charge is 0.335 e. The molecule has 0 saturated heterocycles. The second-order valence-corrected chi connectivity index (χ2v) is 4.73. The first-order valence-corrected chi connectivity index (χ1v) is 6.95. The van der Waals surface area contributed by atoms with Gasteiger partial charge in [0.1, 0.15) is 5.82 Å². The van der Waals surface area contributed by atoms with Gasteiger partial charge in [-0.05, 0) is 36.3 Å². The summed E-state index contributed by atoms with van der Waals surface area (Å²) in [5, 5.41) is 0. The number of hydrogen-bond acceptors (Lipinski definition) is 1. The van der Waals surface area contributed by atoms with Gasteiger partial charge in [-0.25, -0.2) is 4.39 Å². The Labute approximate surface area is 124 Å². The molecule has 0 aliphatic heterocycles. The van der Waals surface area contributed by atoms with Crippen LogP contribution in [0.25, 0.3) is 6.08 Å². The highest BCUT2D eigenvalue weighted by molar-refractivity contribution is 5.91. The molecular formula is C18H18FNO. The average Bonchev–Trinajstić information content (AvgIpc) is 2.51. The van der Waals surface area contributed by atoms with E-state index in [-0.39, 0.29) is 11.7 Å². The first-order chi connectivity index (χ1) is 10.2. The fraction of sp³-hybridized carbons (Fsp3) is 0.167. The van der Waals surface area contributed by atoms with Crippen LogP contribution in [-0.4, -0.2) is 17.4 Å². The lowest BCUT2D eigenvalue weighted by atomic mass is 10.2. The van der Waals surface area contributed by atoms with Gasteiger partial charge in [-0.1, -0.05) is 42.5 Å². The number of carbonyl (C=O) groups is 1. The van der Waals surface area contributed by atoms with E-state index in [0.717, 1.165) is 5.56 Å². The highest BCUT2D eigenvalue weighted by atomic mass is 19.1. The maximum Gasteiger partial charge on any atom is 0.246 e. The molecule has 0 atom stereocenters. The van der Waals surface area contributed by atoms with Crippen LogP contribution in [0.3, 0.4) is 0 Å². The molecule has 0 aliphatic carbocycles. The molecule has 2 nitrogen and oxygen atoms in total. The van der Waals surface area contributed by atoms with E-state index in [4.69, 9.17) is 0 Å². The van der Waals surface area contributed by atoms with Gasteiger partial charge in [0, 0.05) is 19.2 Å². The summed E-state index contributed by atoms with van der Waals surface area (Å²) in [5.74, 6) is -0.383. The monoisotopic (exact) mass is 283 g/mol. The summed E-state index contributed by atoms with van der Waals surface area (Å²) in [4.78, 5) is 13.9. The SMILES string of the molecule is CCN(Cc1ccccc1)C(=O)/C=C/c1cccc(F)c1. The predicted molar refractivity (Wildman–Crippen MR) is 83.0 cm³/mol. The topological polar surface area (TPSA) is 20.3 Å². The van der Waals surface area contributed by atoms with E-state index >= 15 is 0 Å². The van der Waals surface area contributed by atoms with E-state index in [9.17, 15) is 9.18 Å². The summed E-state index contributed by atoms with van der Waals surface area (Å²) in [6.07, 6.45) is 3.13. The van der Waals surface area contributed by atoms with Crippen LogP contribution < -0.4 is 0 Å². The summed E-state index contributed by atoms with van der Waals surface area (Å²) in [6.45, 7) is 3.14. The Morgan fingerprint density at radius 1 is 1.14 bits per heavy atom. The number of hydrogen-bond donors (Lipinski definition) is 0. The minimum Gasteiger partial charge on any atom is -0.335 e. The molecule has 0 saturated carbocycles. The first-order valence-electron chi connectivity index (χ1n) is 6.95. The van der Waals surface area contributed by atoms with Crippen molar-refractivity contribution in [3.8, 4) is 0 Å². The molecule has 0 spiro atoms. The maximum absolute atomic E-state index is 13.1. The minimum absolute atomic E-state index is 0.0781. The molecule has 0 N–H and O–H groups in total. The molecular weight excluding hydrogens is 265 g/mol. The van der Waals surface area contributed by atoms with Crippen molar-refractivity contribution in [1.82, 2.24) is 4.90 Å². The number of carbonyl (C=O) groups excluding carboxylic acids is 1. The van der Waals surface area contributed by atoms with Gasteiger partial charge in [-0.2, -0.15) is 0 Å². The molecule has 0 aromatic heterocycles. The standard InChI is InChI=1S/C18H18FNO/c1-2-20(14-16-7-4-3-5-8-16)18(21)12-11-15-9-6-10-17(19)13-15/h3-13H,2,14H2,1H3/b12-11+.